The van der Waals surface area contributed by atoms with Crippen molar-refractivity contribution in [3.05, 3.63) is 0 Å². The van der Waals surface area contributed by atoms with Crippen molar-refractivity contribution in [2.75, 3.05) is 12.3 Å². The Bertz CT molecular complexity index is 228. The van der Waals surface area contributed by atoms with Crippen molar-refractivity contribution in [3.63, 3.8) is 0 Å². The van der Waals surface area contributed by atoms with E-state index in [4.69, 9.17) is 5.41 Å². The maximum atomic E-state index is 10.0. The Kier molecular flexibility index (Phi) is 9.08. The largest absolute Gasteiger partial charge is 1.00 e. The molecule has 0 aliphatic heterocycles. The zero-order valence-electron chi connectivity index (χ0n) is 6.70. The van der Waals surface area contributed by atoms with Gasteiger partial charge >= 0.3 is 29.6 Å². The zero-order chi connectivity index (χ0) is 8.91. The van der Waals surface area contributed by atoms with Crippen LogP contribution >= 0.6 is 12.6 Å². The van der Waals surface area contributed by atoms with Crippen LogP contribution in [0.2, 0.25) is 0 Å². The van der Waals surface area contributed by atoms with Gasteiger partial charge in [-0.15, -0.1) is 12.6 Å². The van der Waals surface area contributed by atoms with Crippen LogP contribution in [0, 0.1) is 5.41 Å². The summed E-state index contributed by atoms with van der Waals surface area (Å²) in [6.45, 7) is 0.282. The van der Waals surface area contributed by atoms with Crippen molar-refractivity contribution in [2.45, 2.75) is 6.42 Å². The van der Waals surface area contributed by atoms with Gasteiger partial charge in [-0.2, -0.15) is 0 Å². The van der Waals surface area contributed by atoms with Gasteiger partial charge < -0.3 is 9.87 Å². The summed E-state index contributed by atoms with van der Waals surface area (Å²) in [6, 6.07) is 0. The molecule has 0 radical (unpaired) electrons. The van der Waals surface area contributed by atoms with Crippen molar-refractivity contribution in [3.8, 4) is 0 Å². The van der Waals surface area contributed by atoms with E-state index in [1.165, 1.54) is 0 Å². The predicted molar refractivity (Wildman–Crippen MR) is 43.9 cm³/mol. The molecule has 12 heavy (non-hydrogen) atoms. The Morgan fingerprint density at radius 2 is 2.08 bits per heavy atom. The molecule has 0 aromatic carbocycles. The summed E-state index contributed by atoms with van der Waals surface area (Å²) in [6.07, 6.45) is 0.203. The average molecular weight is 220 g/mol. The Morgan fingerprint density at radius 1 is 1.58 bits per heavy atom. The van der Waals surface area contributed by atoms with Gasteiger partial charge in [0.05, 0.1) is 10.1 Å². The van der Waals surface area contributed by atoms with E-state index in [0.717, 1.165) is 0 Å². The minimum Gasteiger partial charge on any atom is -0.748 e. The van der Waals surface area contributed by atoms with E-state index in [0.29, 0.717) is 0 Å². The molecule has 2 N–H and O–H groups in total. The van der Waals surface area contributed by atoms with Gasteiger partial charge in [-0.05, 0) is 6.42 Å². The standard InChI is InChI=1S/C4H10N2O3S2.Na/c5-4(10)6-2-1-3-11(7,8)9;/h1-3H2,(H3,5,6,10)(H,7,8,9);/q;+1/p-1. The van der Waals surface area contributed by atoms with E-state index in [2.05, 4.69) is 17.9 Å². The molecule has 0 heterocycles. The van der Waals surface area contributed by atoms with Crippen molar-refractivity contribution < 1.29 is 42.5 Å². The van der Waals surface area contributed by atoms with E-state index in [1.807, 2.05) is 0 Å². The molecular formula is C4H9N2NaO3S2. The molecule has 0 rings (SSSR count). The predicted octanol–water partition coefficient (Wildman–Crippen LogP) is -3.62. The summed E-state index contributed by atoms with van der Waals surface area (Å²) in [5, 5.41) is 9.18. The van der Waals surface area contributed by atoms with Gasteiger partial charge in [0.15, 0.2) is 5.17 Å². The fourth-order valence-electron chi connectivity index (χ4n) is 0.456. The third-order valence-electron chi connectivity index (χ3n) is 0.864. The number of hydrogen-bond donors (Lipinski definition) is 3. The van der Waals surface area contributed by atoms with E-state index in [-0.39, 0.29) is 47.7 Å². The van der Waals surface area contributed by atoms with E-state index < -0.39 is 15.9 Å². The van der Waals surface area contributed by atoms with Gasteiger partial charge in [-0.3, -0.25) is 5.41 Å². The number of rotatable bonds is 4. The fraction of sp³-hybridized carbons (Fsp3) is 0.750. The van der Waals surface area contributed by atoms with Crippen LogP contribution in [0.3, 0.4) is 0 Å². The molecule has 0 aromatic rings. The molecule has 0 bridgehead atoms. The quantitative estimate of drug-likeness (QED) is 0.114. The van der Waals surface area contributed by atoms with Crippen LogP contribution in [0.1, 0.15) is 6.42 Å². The summed E-state index contributed by atoms with van der Waals surface area (Å²) in [5.74, 6) is -0.402. The first-order chi connectivity index (χ1) is 4.92. The molecular weight excluding hydrogens is 211 g/mol. The normalized spacial score (nSPS) is 10.2. The van der Waals surface area contributed by atoms with Crippen LogP contribution in [0.4, 0.5) is 0 Å². The van der Waals surface area contributed by atoms with Crippen LogP contribution in [-0.4, -0.2) is 30.4 Å². The average Bonchev–Trinajstić information content (AvgIpc) is 1.78. The first-order valence-corrected chi connectivity index (χ1v) is 4.89. The molecule has 66 valence electrons. The molecule has 0 saturated heterocycles. The van der Waals surface area contributed by atoms with Gasteiger partial charge in [0.2, 0.25) is 0 Å². The molecule has 0 fully saturated rings. The summed E-state index contributed by atoms with van der Waals surface area (Å²) in [4.78, 5) is 0. The number of thiol groups is 1. The Balaban J connectivity index is 0. The molecule has 0 aliphatic rings. The molecule has 0 aromatic heterocycles. The summed E-state index contributed by atoms with van der Waals surface area (Å²) in [5.41, 5.74) is 0. The van der Waals surface area contributed by atoms with Crippen LogP contribution in [-0.2, 0) is 10.1 Å². The van der Waals surface area contributed by atoms with Gasteiger partial charge in [-0.1, -0.05) is 0 Å². The molecule has 0 unspecified atom stereocenters. The third kappa shape index (κ3) is 13.3. The van der Waals surface area contributed by atoms with Crippen LogP contribution in [0.15, 0.2) is 0 Å². The smallest absolute Gasteiger partial charge is 0.748 e. The summed E-state index contributed by atoms with van der Waals surface area (Å²) >= 11 is 3.59. The minimum atomic E-state index is -4.11. The second-order valence-corrected chi connectivity index (χ2v) is 3.86. The van der Waals surface area contributed by atoms with Crippen molar-refractivity contribution in [2.24, 2.45) is 0 Å². The third-order valence-corrected chi connectivity index (χ3v) is 1.81. The number of nitrogens with one attached hydrogen (secondary N) is 2. The zero-order valence-corrected chi connectivity index (χ0v) is 10.4. The minimum absolute atomic E-state index is 0. The Morgan fingerprint density at radius 3 is 2.42 bits per heavy atom. The van der Waals surface area contributed by atoms with Gasteiger partial charge in [0.1, 0.15) is 0 Å². The SMILES string of the molecule is N=C(S)NCCCS(=O)(=O)[O-].[Na+]. The first kappa shape index (κ1) is 15.2. The number of amidine groups is 1. The van der Waals surface area contributed by atoms with Crippen molar-refractivity contribution in [1.29, 1.82) is 5.41 Å². The topological polar surface area (TPSA) is 93.1 Å². The fourth-order valence-corrected chi connectivity index (χ4v) is 1.07. The first-order valence-electron chi connectivity index (χ1n) is 2.87. The van der Waals surface area contributed by atoms with Gasteiger partial charge in [0, 0.05) is 12.3 Å². The summed E-state index contributed by atoms with van der Waals surface area (Å²) < 4.78 is 30.1. The maximum Gasteiger partial charge on any atom is 1.00 e. The number of hydrogen-bond acceptors (Lipinski definition) is 4. The Labute approximate surface area is 99.3 Å². The molecule has 0 atom stereocenters. The van der Waals surface area contributed by atoms with E-state index in [9.17, 15) is 13.0 Å². The molecule has 0 aliphatic carbocycles. The molecule has 0 saturated carbocycles. The Hall–Kier alpha value is 0.730. The maximum absolute atomic E-state index is 10.0. The molecule has 8 heteroatoms. The van der Waals surface area contributed by atoms with Gasteiger partial charge in [0.25, 0.3) is 0 Å². The summed E-state index contributed by atoms with van der Waals surface area (Å²) in [7, 11) is -4.11. The van der Waals surface area contributed by atoms with Crippen LogP contribution in [0.5, 0.6) is 0 Å². The van der Waals surface area contributed by atoms with E-state index in [1.54, 1.807) is 0 Å². The molecule has 0 spiro atoms. The van der Waals surface area contributed by atoms with Crippen LogP contribution < -0.4 is 34.9 Å². The van der Waals surface area contributed by atoms with E-state index >= 15 is 0 Å². The monoisotopic (exact) mass is 220 g/mol. The van der Waals surface area contributed by atoms with Gasteiger partial charge in [-0.25, -0.2) is 8.42 Å². The van der Waals surface area contributed by atoms with Crippen molar-refractivity contribution >= 4 is 27.9 Å². The second kappa shape index (κ2) is 7.16. The molecule has 0 amide bonds. The second-order valence-electron chi connectivity index (χ2n) is 1.89. The van der Waals surface area contributed by atoms with Crippen molar-refractivity contribution in [1.82, 2.24) is 5.32 Å². The molecule has 5 nitrogen and oxygen atoms in total. The van der Waals surface area contributed by atoms with Crippen LogP contribution in [0.25, 0.3) is 0 Å².